The summed E-state index contributed by atoms with van der Waals surface area (Å²) in [4.78, 5) is 125. The second kappa shape index (κ2) is 39.8. The lowest BCUT2D eigenvalue weighted by Crippen LogP contribution is -2.31. The summed E-state index contributed by atoms with van der Waals surface area (Å²) in [5, 5.41) is 52.1. The average Bonchev–Trinajstić information content (AvgIpc) is 3.48. The van der Waals surface area contributed by atoms with Crippen LogP contribution >= 0.6 is 23.5 Å². The van der Waals surface area contributed by atoms with Crippen molar-refractivity contribution in [2.45, 2.75) is 50.0 Å². The third kappa shape index (κ3) is 40.2. The Morgan fingerprint density at radius 1 is 0.583 bits per heavy atom. The van der Waals surface area contributed by atoms with Gasteiger partial charge in [0.2, 0.25) is 29.5 Å². The normalized spacial score (nSPS) is 12.4. The zero-order chi connectivity index (χ0) is 47.4. The number of thioether (sulfide) groups is 2. The highest BCUT2D eigenvalue weighted by Crippen LogP contribution is 2.11. The predicted octanol–water partition coefficient (Wildman–Crippen LogP) is -2.35. The summed E-state index contributed by atoms with van der Waals surface area (Å²) >= 11 is 2.40. The summed E-state index contributed by atoms with van der Waals surface area (Å²) in [6, 6.07) is 0. The monoisotopic (exact) mass is 902 g/mol. The van der Waals surface area contributed by atoms with Gasteiger partial charge in [-0.2, -0.15) is 11.8 Å². The average molecular weight is 903 g/mol. The van der Waals surface area contributed by atoms with E-state index < -0.39 is 58.1 Å². The Hall–Kier alpha value is -6.02. The lowest BCUT2D eigenvalue weighted by atomic mass is 10.1. The molecule has 24 nitrogen and oxygen atoms in total. The van der Waals surface area contributed by atoms with Gasteiger partial charge in [0, 0.05) is 85.3 Å². The fourth-order valence-corrected chi connectivity index (χ4v) is 4.08. The first kappa shape index (κ1) is 65.8. The topological polar surface area (TPSA) is 401 Å². The van der Waals surface area contributed by atoms with E-state index in [9.17, 15) is 57.5 Å². The van der Waals surface area contributed by atoms with Crippen LogP contribution in [-0.4, -0.2) is 172 Å². The van der Waals surface area contributed by atoms with Gasteiger partial charge in [0.25, 0.3) is 11.8 Å². The highest BCUT2D eigenvalue weighted by Gasteiger charge is 2.20. The molecule has 0 aliphatic carbocycles. The molecule has 4 atom stereocenters. The largest absolute Gasteiger partial charge is 0.481 e. The summed E-state index contributed by atoms with van der Waals surface area (Å²) in [6.45, 7) is 3.07. The van der Waals surface area contributed by atoms with Crippen molar-refractivity contribution >= 4 is 94.7 Å². The molecule has 0 saturated heterocycles. The second-order valence-corrected chi connectivity index (χ2v) is 13.0. The molecule has 26 heteroatoms. The maximum absolute atomic E-state index is 10.9. The van der Waals surface area contributed by atoms with Crippen LogP contribution in [0.2, 0.25) is 0 Å². The lowest BCUT2D eigenvalue weighted by Gasteiger charge is -2.08. The standard InChI is InChI=1S/2C6H11NO3S.2C6H11NO3.C5H7NO3.C5H5NO2.H2O/c1-7-6(10)4(11-2)3-5(8)9;1-7-5(8)3-4(11-2)6(9)10;1-4(3-5(8)9)6(10)7-2;1-4(6(9)10)3-5(8)7-2;1-6-4(7)2-3-5(8)9;1-6-4(7)2-3-5(6)8;/h4H,3H2,1-2H3,(H,7,10)(H,8,9);4H,3H2,1-2H3,(H,7,8)(H,9,10);4H,3H2,1-2H3,(H,7,10)(H,8,9);4H,3H2,1-2H3,(H,7,8)(H,9,10);2-3H,1H3,(H,6,7)(H,8,9);2-3H,1H3;1H2/b;;;;3-2-;;. The van der Waals surface area contributed by atoms with E-state index >= 15 is 0 Å². The van der Waals surface area contributed by atoms with Crippen LogP contribution in [0.4, 0.5) is 0 Å². The third-order valence-corrected chi connectivity index (χ3v) is 8.30. The Morgan fingerprint density at radius 2 is 1.00 bits per heavy atom. The second-order valence-electron chi connectivity index (χ2n) is 11.0. The zero-order valence-corrected chi connectivity index (χ0v) is 36.5. The van der Waals surface area contributed by atoms with Gasteiger partial charge in [-0.25, -0.2) is 4.79 Å². The first-order valence-corrected chi connectivity index (χ1v) is 19.3. The quantitative estimate of drug-likeness (QED) is 0.0573. The van der Waals surface area contributed by atoms with Gasteiger partial charge in [-0.3, -0.25) is 57.6 Å². The van der Waals surface area contributed by atoms with Crippen molar-refractivity contribution in [1.82, 2.24) is 31.5 Å². The van der Waals surface area contributed by atoms with Gasteiger partial charge >= 0.3 is 29.8 Å². The minimum absolute atomic E-state index is 0. The van der Waals surface area contributed by atoms with E-state index in [-0.39, 0.29) is 66.6 Å². The van der Waals surface area contributed by atoms with Gasteiger partial charge in [-0.05, 0) is 12.5 Å². The molecule has 1 heterocycles. The molecule has 0 fully saturated rings. The minimum atomic E-state index is -1.13. The summed E-state index contributed by atoms with van der Waals surface area (Å²) in [5.74, 6) is -7.80. The smallest absolute Gasteiger partial charge is 0.328 e. The fraction of sp³-hybridized carbons (Fsp3) is 0.529. The number of carbonyl (C=O) groups excluding carboxylic acids is 7. The first-order chi connectivity index (χ1) is 27.3. The molecular weight excluding hydrogens is 845 g/mol. The van der Waals surface area contributed by atoms with Crippen LogP contribution in [0.15, 0.2) is 24.3 Å². The van der Waals surface area contributed by atoms with Crippen molar-refractivity contribution in [2.75, 3.05) is 54.8 Å². The third-order valence-electron chi connectivity index (χ3n) is 6.41. The molecule has 60 heavy (non-hydrogen) atoms. The molecule has 7 amide bonds. The summed E-state index contributed by atoms with van der Waals surface area (Å²) in [7, 11) is 8.83. The van der Waals surface area contributed by atoms with E-state index in [0.717, 1.165) is 28.8 Å². The van der Waals surface area contributed by atoms with Crippen LogP contribution in [0.5, 0.6) is 0 Å². The van der Waals surface area contributed by atoms with E-state index in [1.807, 2.05) is 0 Å². The van der Waals surface area contributed by atoms with Crippen molar-refractivity contribution in [3.05, 3.63) is 24.3 Å². The zero-order valence-electron chi connectivity index (χ0n) is 34.8. The summed E-state index contributed by atoms with van der Waals surface area (Å²) in [6.07, 6.45) is 7.45. The Labute approximate surface area is 355 Å². The van der Waals surface area contributed by atoms with Crippen molar-refractivity contribution < 1.29 is 88.5 Å². The molecule has 1 aliphatic heterocycles. The van der Waals surface area contributed by atoms with Crippen LogP contribution < -0.4 is 26.6 Å². The Bertz CT molecular complexity index is 1470. The number of hydrogen-bond donors (Lipinski definition) is 10. The fourth-order valence-electron chi connectivity index (χ4n) is 2.92. The van der Waals surface area contributed by atoms with E-state index in [2.05, 4.69) is 26.6 Å². The van der Waals surface area contributed by atoms with Crippen LogP contribution in [0, 0.1) is 11.8 Å². The highest BCUT2D eigenvalue weighted by atomic mass is 32.2. The first-order valence-electron chi connectivity index (χ1n) is 16.7. The predicted molar refractivity (Wildman–Crippen MR) is 220 cm³/mol. The molecule has 0 saturated carbocycles. The molecule has 0 radical (unpaired) electrons. The number of likely N-dealkylation sites (N-methyl/N-ethyl adjacent to an activating group) is 2. The molecule has 1 rings (SSSR count). The number of aliphatic carboxylic acids is 5. The van der Waals surface area contributed by atoms with Gasteiger partial charge in [0.05, 0.1) is 24.0 Å². The molecule has 0 aromatic rings. The summed E-state index contributed by atoms with van der Waals surface area (Å²) in [5.41, 5.74) is 0. The van der Waals surface area contributed by atoms with Crippen molar-refractivity contribution in [2.24, 2.45) is 11.8 Å². The molecule has 4 unspecified atom stereocenters. The van der Waals surface area contributed by atoms with Crippen LogP contribution in [0.1, 0.15) is 39.5 Å². The Balaban J connectivity index is -0.000000146. The number of amides is 7. The molecule has 12 N–H and O–H groups in total. The van der Waals surface area contributed by atoms with Crippen molar-refractivity contribution in [3.8, 4) is 0 Å². The maximum Gasteiger partial charge on any atom is 0.328 e. The van der Waals surface area contributed by atoms with Gasteiger partial charge in [0.15, 0.2) is 0 Å². The van der Waals surface area contributed by atoms with Crippen molar-refractivity contribution in [3.63, 3.8) is 0 Å². The summed E-state index contributed by atoms with van der Waals surface area (Å²) < 4.78 is 0. The number of hydrogen-bond acceptors (Lipinski definition) is 14. The minimum Gasteiger partial charge on any atom is -0.481 e. The SMILES string of the molecule is CN1C(=O)C=CC1=O.CNC(=O)/C=C\C(=O)O.CNC(=O)C(C)CC(=O)O.CNC(=O)C(CC(=O)O)SC.CNC(=O)CC(C)C(=O)O.CNC(=O)CC(SC)C(=O)O.O. The Morgan fingerprint density at radius 3 is 1.27 bits per heavy atom. The lowest BCUT2D eigenvalue weighted by molar-refractivity contribution is -0.143. The van der Waals surface area contributed by atoms with Crippen molar-refractivity contribution in [1.29, 1.82) is 0 Å². The Kier molecular flexibility index (Phi) is 43.6. The number of nitrogens with zero attached hydrogens (tertiary/aromatic N) is 1. The van der Waals surface area contributed by atoms with E-state index in [1.54, 1.807) is 19.4 Å². The van der Waals surface area contributed by atoms with Gasteiger partial charge in [-0.1, -0.05) is 13.8 Å². The number of nitrogens with one attached hydrogen (secondary N) is 5. The molecule has 1 aliphatic rings. The number of imide groups is 1. The number of carboxylic acids is 5. The highest BCUT2D eigenvalue weighted by molar-refractivity contribution is 8.00. The number of carbonyl (C=O) groups is 12. The molecular formula is C34H58N6O18S2. The molecule has 344 valence electrons. The maximum atomic E-state index is 10.9. The van der Waals surface area contributed by atoms with Gasteiger partial charge in [-0.15, -0.1) is 11.8 Å². The van der Waals surface area contributed by atoms with E-state index in [0.29, 0.717) is 0 Å². The van der Waals surface area contributed by atoms with Gasteiger partial charge in [0.1, 0.15) is 5.25 Å². The van der Waals surface area contributed by atoms with Crippen LogP contribution in [0.3, 0.4) is 0 Å². The van der Waals surface area contributed by atoms with Crippen LogP contribution in [-0.2, 0) is 57.5 Å². The number of carboxylic acid groups (broad SMARTS) is 5. The molecule has 0 aromatic heterocycles. The molecule has 0 aromatic carbocycles. The van der Waals surface area contributed by atoms with E-state index in [4.69, 9.17) is 25.5 Å². The number of rotatable bonds is 16. The molecule has 0 spiro atoms. The van der Waals surface area contributed by atoms with Crippen LogP contribution in [0.25, 0.3) is 0 Å². The van der Waals surface area contributed by atoms with Gasteiger partial charge < -0.3 is 57.6 Å². The molecule has 0 bridgehead atoms. The van der Waals surface area contributed by atoms with E-state index in [1.165, 1.54) is 73.1 Å².